The van der Waals surface area contributed by atoms with Gasteiger partial charge in [-0.3, -0.25) is 0 Å². The zero-order chi connectivity index (χ0) is 11.9. The molecule has 3 heteroatoms. The lowest BCUT2D eigenvalue weighted by molar-refractivity contribution is -0.0227. The summed E-state index contributed by atoms with van der Waals surface area (Å²) >= 11 is 0. The largest absolute Gasteiger partial charge is 0.376 e. The molecule has 3 nitrogen and oxygen atoms in total. The maximum atomic E-state index is 8.94. The number of hydrogen-bond acceptors (Lipinski definition) is 3. The number of rotatable bonds is 7. The molecule has 0 spiro atoms. The van der Waals surface area contributed by atoms with Crippen molar-refractivity contribution < 1.29 is 4.74 Å². The highest BCUT2D eigenvalue weighted by atomic mass is 16.5. The van der Waals surface area contributed by atoms with Gasteiger partial charge in [-0.2, -0.15) is 5.26 Å². The summed E-state index contributed by atoms with van der Waals surface area (Å²) in [6.45, 7) is 8.94. The van der Waals surface area contributed by atoms with Gasteiger partial charge < -0.3 is 10.1 Å². The molecule has 0 saturated heterocycles. The van der Waals surface area contributed by atoms with Crippen molar-refractivity contribution in [3.8, 4) is 6.07 Å². The molecule has 1 N–H and O–H groups in total. The molecule has 0 saturated carbocycles. The van der Waals surface area contributed by atoms with Crippen molar-refractivity contribution in [1.82, 2.24) is 5.32 Å². The van der Waals surface area contributed by atoms with Crippen LogP contribution in [-0.2, 0) is 4.74 Å². The van der Waals surface area contributed by atoms with E-state index in [0.717, 1.165) is 25.9 Å². The Morgan fingerprint density at radius 1 is 1.33 bits per heavy atom. The fourth-order valence-corrected chi connectivity index (χ4v) is 1.11. The molecule has 0 rings (SSSR count). The lowest BCUT2D eigenvalue weighted by Gasteiger charge is -2.25. The minimum Gasteiger partial charge on any atom is -0.376 e. The Labute approximate surface area is 93.8 Å². The number of hydrogen-bond donors (Lipinski definition) is 1. The fraction of sp³-hybridized carbons (Fsp3) is 0.917. The molecule has 0 aromatic rings. The second-order valence-electron chi connectivity index (χ2n) is 4.76. The van der Waals surface area contributed by atoms with E-state index < -0.39 is 5.54 Å². The van der Waals surface area contributed by atoms with Crippen LogP contribution in [0.3, 0.4) is 0 Å². The number of nitriles is 1. The van der Waals surface area contributed by atoms with Crippen molar-refractivity contribution in [3.63, 3.8) is 0 Å². The standard InChI is InChI=1S/C12H24N2O/c1-6-11(2,3)15-9-7-8-12(4,10-13)14-5/h14H,6-9H2,1-5H3. The van der Waals surface area contributed by atoms with E-state index in [1.54, 1.807) is 0 Å². The topological polar surface area (TPSA) is 45.0 Å². The van der Waals surface area contributed by atoms with Gasteiger partial charge in [0.05, 0.1) is 11.7 Å². The summed E-state index contributed by atoms with van der Waals surface area (Å²) in [5.74, 6) is 0. The first kappa shape index (κ1) is 14.4. The normalized spacial score (nSPS) is 15.7. The second-order valence-corrected chi connectivity index (χ2v) is 4.76. The monoisotopic (exact) mass is 212 g/mol. The molecule has 1 atom stereocenters. The first-order valence-electron chi connectivity index (χ1n) is 5.63. The van der Waals surface area contributed by atoms with E-state index in [1.165, 1.54) is 0 Å². The number of ether oxygens (including phenoxy) is 1. The first-order chi connectivity index (χ1) is 6.89. The molecule has 0 aliphatic rings. The number of nitrogens with zero attached hydrogens (tertiary/aromatic N) is 1. The predicted molar refractivity (Wildman–Crippen MR) is 62.6 cm³/mol. The Morgan fingerprint density at radius 2 is 1.93 bits per heavy atom. The molecule has 15 heavy (non-hydrogen) atoms. The minimum atomic E-state index is -0.417. The van der Waals surface area contributed by atoms with Crippen molar-refractivity contribution in [2.24, 2.45) is 0 Å². The highest BCUT2D eigenvalue weighted by Crippen LogP contribution is 2.16. The van der Waals surface area contributed by atoms with Crippen LogP contribution in [0.25, 0.3) is 0 Å². The quantitative estimate of drug-likeness (QED) is 0.659. The second kappa shape index (κ2) is 6.09. The van der Waals surface area contributed by atoms with Crippen molar-refractivity contribution in [1.29, 1.82) is 5.26 Å². The smallest absolute Gasteiger partial charge is 0.103 e. The third-order valence-corrected chi connectivity index (χ3v) is 2.96. The molecule has 1 unspecified atom stereocenters. The summed E-state index contributed by atoms with van der Waals surface area (Å²) in [4.78, 5) is 0. The molecule has 0 aliphatic carbocycles. The summed E-state index contributed by atoms with van der Waals surface area (Å²) in [6.07, 6.45) is 2.74. The van der Waals surface area contributed by atoms with Crippen molar-refractivity contribution in [3.05, 3.63) is 0 Å². The molecule has 0 aliphatic heterocycles. The summed E-state index contributed by atoms with van der Waals surface area (Å²) < 4.78 is 5.73. The maximum Gasteiger partial charge on any atom is 0.103 e. The SMILES string of the molecule is CCC(C)(C)OCCCC(C)(C#N)NC. The maximum absolute atomic E-state index is 8.94. The molecule has 0 radical (unpaired) electrons. The van der Waals surface area contributed by atoms with Crippen LogP contribution in [0.4, 0.5) is 0 Å². The first-order valence-corrected chi connectivity index (χ1v) is 5.63. The average molecular weight is 212 g/mol. The highest BCUT2D eigenvalue weighted by Gasteiger charge is 2.21. The molecule has 0 aromatic heterocycles. The number of nitrogens with one attached hydrogen (secondary N) is 1. The van der Waals surface area contributed by atoms with Crippen LogP contribution < -0.4 is 5.32 Å². The Kier molecular flexibility index (Phi) is 5.85. The predicted octanol–water partition coefficient (Wildman–Crippen LogP) is 2.47. The summed E-state index contributed by atoms with van der Waals surface area (Å²) in [6, 6.07) is 2.27. The third-order valence-electron chi connectivity index (χ3n) is 2.96. The van der Waals surface area contributed by atoms with Crippen LogP contribution in [0.1, 0.15) is 47.0 Å². The van der Waals surface area contributed by atoms with Gasteiger partial charge in [0.2, 0.25) is 0 Å². The van der Waals surface area contributed by atoms with Crippen LogP contribution in [0, 0.1) is 11.3 Å². The van der Waals surface area contributed by atoms with Gasteiger partial charge in [0.15, 0.2) is 0 Å². The summed E-state index contributed by atoms with van der Waals surface area (Å²) in [5.41, 5.74) is -0.456. The van der Waals surface area contributed by atoms with E-state index in [9.17, 15) is 0 Å². The molecule has 0 heterocycles. The van der Waals surface area contributed by atoms with Gasteiger partial charge >= 0.3 is 0 Å². The van der Waals surface area contributed by atoms with E-state index in [4.69, 9.17) is 10.00 Å². The lowest BCUT2D eigenvalue weighted by Crippen LogP contribution is -2.38. The van der Waals surface area contributed by atoms with Gasteiger partial charge in [-0.05, 0) is 47.1 Å². The highest BCUT2D eigenvalue weighted by molar-refractivity contribution is 5.02. The molecule has 0 bridgehead atoms. The van der Waals surface area contributed by atoms with Crippen molar-refractivity contribution >= 4 is 0 Å². The zero-order valence-electron chi connectivity index (χ0n) is 10.7. The van der Waals surface area contributed by atoms with Gasteiger partial charge in [-0.1, -0.05) is 6.92 Å². The van der Waals surface area contributed by atoms with Gasteiger partial charge in [-0.15, -0.1) is 0 Å². The van der Waals surface area contributed by atoms with Gasteiger partial charge in [0.1, 0.15) is 5.54 Å². The molecule has 88 valence electrons. The van der Waals surface area contributed by atoms with E-state index in [2.05, 4.69) is 32.2 Å². The Balaban J connectivity index is 3.77. The third kappa shape index (κ3) is 5.76. The summed E-state index contributed by atoms with van der Waals surface area (Å²) in [5, 5.41) is 12.0. The van der Waals surface area contributed by atoms with Crippen molar-refractivity contribution in [2.75, 3.05) is 13.7 Å². The molecule has 0 amide bonds. The average Bonchev–Trinajstić information content (AvgIpc) is 2.24. The van der Waals surface area contributed by atoms with E-state index in [-0.39, 0.29) is 5.60 Å². The minimum absolute atomic E-state index is 0.0390. The Bertz CT molecular complexity index is 220. The Hall–Kier alpha value is -0.590. The van der Waals surface area contributed by atoms with Gasteiger partial charge in [0, 0.05) is 6.61 Å². The van der Waals surface area contributed by atoms with E-state index in [1.807, 2.05) is 14.0 Å². The van der Waals surface area contributed by atoms with Crippen LogP contribution in [-0.4, -0.2) is 24.8 Å². The van der Waals surface area contributed by atoms with Crippen LogP contribution in [0.2, 0.25) is 0 Å². The molecule has 0 aromatic carbocycles. The van der Waals surface area contributed by atoms with Gasteiger partial charge in [0.25, 0.3) is 0 Å². The molecular weight excluding hydrogens is 188 g/mol. The van der Waals surface area contributed by atoms with E-state index in [0.29, 0.717) is 0 Å². The van der Waals surface area contributed by atoms with Crippen LogP contribution in [0.15, 0.2) is 0 Å². The van der Waals surface area contributed by atoms with Crippen molar-refractivity contribution in [2.45, 2.75) is 58.1 Å². The van der Waals surface area contributed by atoms with Gasteiger partial charge in [-0.25, -0.2) is 0 Å². The molecule has 0 fully saturated rings. The van der Waals surface area contributed by atoms with Crippen LogP contribution in [0.5, 0.6) is 0 Å². The van der Waals surface area contributed by atoms with Crippen LogP contribution >= 0.6 is 0 Å². The lowest BCUT2D eigenvalue weighted by atomic mass is 9.98. The fourth-order valence-electron chi connectivity index (χ4n) is 1.11. The Morgan fingerprint density at radius 3 is 2.33 bits per heavy atom. The van der Waals surface area contributed by atoms with E-state index >= 15 is 0 Å². The summed E-state index contributed by atoms with van der Waals surface area (Å²) in [7, 11) is 1.82. The molecular formula is C12H24N2O. The zero-order valence-corrected chi connectivity index (χ0v) is 10.7.